The maximum Gasteiger partial charge on any atom is 0.408 e. The van der Waals surface area contributed by atoms with Crippen LogP contribution in [-0.4, -0.2) is 60.7 Å². The van der Waals surface area contributed by atoms with Crippen molar-refractivity contribution in [2.45, 2.75) is 59.2 Å². The van der Waals surface area contributed by atoms with Crippen LogP contribution in [0.4, 0.5) is 4.79 Å². The van der Waals surface area contributed by atoms with Gasteiger partial charge in [0.15, 0.2) is 11.6 Å². The number of Topliss-reactive ketones (excluding diaryl/α,β-unsaturated/α-hetero) is 2. The Hall–Kier alpha value is -2.74. The number of carbonyl (C=O) groups is 4. The fourth-order valence-electron chi connectivity index (χ4n) is 4.00. The maximum absolute atomic E-state index is 13.2. The summed E-state index contributed by atoms with van der Waals surface area (Å²) in [5, 5.41) is 5.65. The molecule has 33 heavy (non-hydrogen) atoms. The molecule has 0 aliphatic carbocycles. The molecule has 3 atom stereocenters. The second-order valence-electron chi connectivity index (χ2n) is 9.50. The van der Waals surface area contributed by atoms with Gasteiger partial charge >= 0.3 is 6.09 Å². The van der Waals surface area contributed by atoms with E-state index in [1.54, 1.807) is 7.05 Å². The minimum Gasteiger partial charge on any atom is -0.445 e. The number of carbonyl (C=O) groups excluding carboxylic acids is 4. The van der Waals surface area contributed by atoms with Crippen molar-refractivity contribution in [1.82, 2.24) is 15.5 Å². The van der Waals surface area contributed by atoms with E-state index in [-0.39, 0.29) is 43.1 Å². The van der Waals surface area contributed by atoms with E-state index in [0.717, 1.165) is 5.56 Å². The number of nitrogens with one attached hydrogen (secondary N) is 2. The molecule has 0 saturated carbocycles. The van der Waals surface area contributed by atoms with Gasteiger partial charge in [-0.15, -0.1) is 0 Å². The highest BCUT2D eigenvalue weighted by Gasteiger charge is 2.42. The Bertz CT molecular complexity index is 825. The van der Waals surface area contributed by atoms with Gasteiger partial charge in [0.05, 0.1) is 24.5 Å². The zero-order valence-electron chi connectivity index (χ0n) is 20.3. The molecule has 1 aromatic carbocycles. The highest BCUT2D eigenvalue weighted by molar-refractivity contribution is 6.09. The van der Waals surface area contributed by atoms with Gasteiger partial charge in [-0.3, -0.25) is 14.4 Å². The second kappa shape index (κ2) is 12.5. The van der Waals surface area contributed by atoms with Gasteiger partial charge in [0.2, 0.25) is 5.91 Å². The highest BCUT2D eigenvalue weighted by atomic mass is 16.5. The number of ether oxygens (including phenoxy) is 1. The first-order chi connectivity index (χ1) is 15.6. The van der Waals surface area contributed by atoms with E-state index in [1.165, 1.54) is 4.90 Å². The molecule has 182 valence electrons. The Morgan fingerprint density at radius 2 is 1.64 bits per heavy atom. The van der Waals surface area contributed by atoms with Crippen molar-refractivity contribution < 1.29 is 23.9 Å². The molecule has 1 aromatic rings. The van der Waals surface area contributed by atoms with Crippen LogP contribution < -0.4 is 10.6 Å². The van der Waals surface area contributed by atoms with Crippen LogP contribution in [0.2, 0.25) is 0 Å². The van der Waals surface area contributed by atoms with Crippen LogP contribution in [0.15, 0.2) is 30.3 Å². The van der Waals surface area contributed by atoms with Crippen LogP contribution in [0.5, 0.6) is 0 Å². The lowest BCUT2D eigenvalue weighted by Gasteiger charge is -2.24. The smallest absolute Gasteiger partial charge is 0.408 e. The Labute approximate surface area is 196 Å². The van der Waals surface area contributed by atoms with Gasteiger partial charge in [-0.25, -0.2) is 4.79 Å². The summed E-state index contributed by atoms with van der Waals surface area (Å²) in [4.78, 5) is 52.6. The molecule has 2 amide bonds. The molecule has 2 N–H and O–H groups in total. The summed E-state index contributed by atoms with van der Waals surface area (Å²) in [5.74, 6) is -1.35. The van der Waals surface area contributed by atoms with Gasteiger partial charge in [0, 0.05) is 6.54 Å². The summed E-state index contributed by atoms with van der Waals surface area (Å²) in [6.07, 6.45) is 0.316. The van der Waals surface area contributed by atoms with Crippen LogP contribution in [0.25, 0.3) is 0 Å². The summed E-state index contributed by atoms with van der Waals surface area (Å²) in [6.45, 7) is 7.97. The minimum atomic E-state index is -0.941. The van der Waals surface area contributed by atoms with Crippen molar-refractivity contribution in [3.8, 4) is 0 Å². The van der Waals surface area contributed by atoms with Crippen molar-refractivity contribution >= 4 is 23.6 Å². The average Bonchev–Trinajstić information content (AvgIpc) is 3.16. The van der Waals surface area contributed by atoms with E-state index in [1.807, 2.05) is 58.0 Å². The van der Waals surface area contributed by atoms with Crippen LogP contribution in [0.3, 0.4) is 0 Å². The van der Waals surface area contributed by atoms with E-state index < -0.39 is 24.1 Å². The molecule has 1 heterocycles. The number of benzene rings is 1. The van der Waals surface area contributed by atoms with E-state index >= 15 is 0 Å². The molecular weight excluding hydrogens is 422 g/mol. The summed E-state index contributed by atoms with van der Waals surface area (Å²) in [6, 6.07) is 7.99. The van der Waals surface area contributed by atoms with Gasteiger partial charge < -0.3 is 20.3 Å². The molecule has 1 unspecified atom stereocenters. The average molecular weight is 460 g/mol. The zero-order chi connectivity index (χ0) is 24.5. The predicted molar refractivity (Wildman–Crippen MR) is 125 cm³/mol. The fraction of sp³-hybridized carbons (Fsp3) is 0.600. The predicted octanol–water partition coefficient (Wildman–Crippen LogP) is 2.56. The first kappa shape index (κ1) is 26.5. The maximum atomic E-state index is 13.2. The molecule has 0 aromatic heterocycles. The van der Waals surface area contributed by atoms with E-state index in [9.17, 15) is 19.2 Å². The molecule has 8 nitrogen and oxygen atoms in total. The van der Waals surface area contributed by atoms with Crippen LogP contribution in [0, 0.1) is 17.8 Å². The van der Waals surface area contributed by atoms with Crippen molar-refractivity contribution in [3.63, 3.8) is 0 Å². The molecule has 0 radical (unpaired) electrons. The molecule has 0 spiro atoms. The lowest BCUT2D eigenvalue weighted by Crippen LogP contribution is -2.47. The largest absolute Gasteiger partial charge is 0.445 e. The standard InChI is InChI=1S/C25H37N3O5/c1-16(2)11-20(27-25(32)33-15-18-9-7-6-8-10-18)23(30)19-13-28(14-22(19)29)24(31)21(26-5)12-17(3)4/h6-10,16-17,19-21,26H,11-15H2,1-5H3,(H,27,32)/t19?,20-,21-/m0/s1. The first-order valence-corrected chi connectivity index (χ1v) is 11.6. The molecule has 1 aliphatic rings. The van der Waals surface area contributed by atoms with Crippen LogP contribution >= 0.6 is 0 Å². The monoisotopic (exact) mass is 459 g/mol. The Morgan fingerprint density at radius 3 is 2.21 bits per heavy atom. The quantitative estimate of drug-likeness (QED) is 0.493. The Morgan fingerprint density at radius 1 is 1.03 bits per heavy atom. The minimum absolute atomic E-state index is 0.0438. The van der Waals surface area contributed by atoms with Crippen molar-refractivity contribution in [3.05, 3.63) is 35.9 Å². The molecule has 1 fully saturated rings. The Balaban J connectivity index is 2.02. The van der Waals surface area contributed by atoms with Crippen molar-refractivity contribution in [2.75, 3.05) is 20.1 Å². The topological polar surface area (TPSA) is 105 Å². The van der Waals surface area contributed by atoms with E-state index in [2.05, 4.69) is 10.6 Å². The third-order valence-corrected chi connectivity index (χ3v) is 5.70. The summed E-state index contributed by atoms with van der Waals surface area (Å²) in [7, 11) is 1.72. The van der Waals surface area contributed by atoms with Gasteiger partial charge in [0.1, 0.15) is 6.61 Å². The third kappa shape index (κ3) is 7.96. The molecule has 1 saturated heterocycles. The number of nitrogens with zero attached hydrogens (tertiary/aromatic N) is 1. The fourth-order valence-corrected chi connectivity index (χ4v) is 4.00. The number of ketones is 2. The number of likely N-dealkylation sites (tertiary alicyclic amines) is 1. The third-order valence-electron chi connectivity index (χ3n) is 5.70. The molecular formula is C25H37N3O5. The van der Waals surface area contributed by atoms with Crippen LogP contribution in [0.1, 0.15) is 46.1 Å². The number of hydrogen-bond donors (Lipinski definition) is 2. The summed E-state index contributed by atoms with van der Waals surface area (Å²) in [5.41, 5.74) is 0.833. The number of rotatable bonds is 11. The molecule has 2 rings (SSSR count). The summed E-state index contributed by atoms with van der Waals surface area (Å²) >= 11 is 0. The number of likely N-dealkylation sites (N-methyl/N-ethyl adjacent to an activating group) is 1. The van der Waals surface area contributed by atoms with Crippen molar-refractivity contribution in [2.24, 2.45) is 17.8 Å². The molecule has 1 aliphatic heterocycles. The lowest BCUT2D eigenvalue weighted by atomic mass is 9.91. The molecule has 0 bridgehead atoms. The first-order valence-electron chi connectivity index (χ1n) is 11.6. The summed E-state index contributed by atoms with van der Waals surface area (Å²) < 4.78 is 5.26. The van der Waals surface area contributed by atoms with E-state index in [0.29, 0.717) is 18.8 Å². The van der Waals surface area contributed by atoms with Gasteiger partial charge in [0.25, 0.3) is 0 Å². The normalized spacial score (nSPS) is 17.8. The second-order valence-corrected chi connectivity index (χ2v) is 9.50. The number of hydrogen-bond acceptors (Lipinski definition) is 6. The number of alkyl carbamates (subject to hydrolysis) is 1. The SMILES string of the molecule is CN[C@@H](CC(C)C)C(=O)N1CC(=O)C(C(=O)[C@H](CC(C)C)NC(=O)OCc2ccccc2)C1. The van der Waals surface area contributed by atoms with Crippen LogP contribution in [-0.2, 0) is 25.7 Å². The van der Waals surface area contributed by atoms with E-state index in [4.69, 9.17) is 4.74 Å². The molecule has 8 heteroatoms. The number of amides is 2. The lowest BCUT2D eigenvalue weighted by molar-refractivity contribution is -0.134. The van der Waals surface area contributed by atoms with Gasteiger partial charge in [-0.05, 0) is 37.3 Å². The van der Waals surface area contributed by atoms with Gasteiger partial charge in [-0.1, -0.05) is 58.0 Å². The Kier molecular flexibility index (Phi) is 10.0. The van der Waals surface area contributed by atoms with Gasteiger partial charge in [-0.2, -0.15) is 0 Å². The highest BCUT2D eigenvalue weighted by Crippen LogP contribution is 2.20. The zero-order valence-corrected chi connectivity index (χ0v) is 20.3. The van der Waals surface area contributed by atoms with Crippen molar-refractivity contribution in [1.29, 1.82) is 0 Å².